The Hall–Kier alpha value is -2.45. The second-order valence-corrected chi connectivity index (χ2v) is 6.54. The van der Waals surface area contributed by atoms with Crippen LogP contribution in [0.15, 0.2) is 48.5 Å². The summed E-state index contributed by atoms with van der Waals surface area (Å²) >= 11 is 0. The van der Waals surface area contributed by atoms with Gasteiger partial charge in [0.05, 0.1) is 6.10 Å². The van der Waals surface area contributed by atoms with Crippen LogP contribution in [-0.4, -0.2) is 46.5 Å². The number of β-amino-alcohol motifs (C(OH)–C–C–N with tert-alkyl or cyclic N) is 1. The Kier molecular flexibility index (Phi) is 7.53. The summed E-state index contributed by atoms with van der Waals surface area (Å²) in [5, 5.41) is 16.9. The SMILES string of the molecule is O=C(O)C(F)(F)F.OC1CCCN(Cc2cccc(-c3cccc(F)c3)c2)C1. The third kappa shape index (κ3) is 6.94. The highest BCUT2D eigenvalue weighted by atomic mass is 19.4. The maximum Gasteiger partial charge on any atom is 0.490 e. The van der Waals surface area contributed by atoms with Crippen molar-refractivity contribution >= 4 is 5.97 Å². The van der Waals surface area contributed by atoms with E-state index in [9.17, 15) is 22.7 Å². The molecule has 1 heterocycles. The summed E-state index contributed by atoms with van der Waals surface area (Å²) in [6.45, 7) is 2.60. The molecule has 2 N–H and O–H groups in total. The fraction of sp³-hybridized carbons (Fsp3) is 0.350. The van der Waals surface area contributed by atoms with Crippen LogP contribution in [0, 0.1) is 5.82 Å². The molecule has 0 aliphatic carbocycles. The van der Waals surface area contributed by atoms with Gasteiger partial charge >= 0.3 is 12.1 Å². The Morgan fingerprint density at radius 3 is 2.29 bits per heavy atom. The highest BCUT2D eigenvalue weighted by molar-refractivity contribution is 5.73. The molecule has 1 aliphatic heterocycles. The van der Waals surface area contributed by atoms with Crippen LogP contribution < -0.4 is 0 Å². The van der Waals surface area contributed by atoms with Crippen molar-refractivity contribution in [1.29, 1.82) is 0 Å². The number of alkyl halides is 3. The van der Waals surface area contributed by atoms with Crippen LogP contribution in [-0.2, 0) is 11.3 Å². The number of nitrogens with zero attached hydrogens (tertiary/aromatic N) is 1. The number of rotatable bonds is 3. The zero-order valence-corrected chi connectivity index (χ0v) is 15.0. The number of carbonyl (C=O) groups is 1. The largest absolute Gasteiger partial charge is 0.490 e. The van der Waals surface area contributed by atoms with Crippen molar-refractivity contribution in [2.45, 2.75) is 31.7 Å². The van der Waals surface area contributed by atoms with Gasteiger partial charge in [-0.3, -0.25) is 4.90 Å². The number of hydrogen-bond donors (Lipinski definition) is 2. The molecule has 152 valence electrons. The second-order valence-electron chi connectivity index (χ2n) is 6.54. The van der Waals surface area contributed by atoms with E-state index < -0.39 is 12.1 Å². The zero-order chi connectivity index (χ0) is 20.7. The number of carboxylic acids is 1. The molecule has 0 spiro atoms. The highest BCUT2D eigenvalue weighted by Crippen LogP contribution is 2.22. The van der Waals surface area contributed by atoms with Crippen LogP contribution >= 0.6 is 0 Å². The molecule has 0 bridgehead atoms. The van der Waals surface area contributed by atoms with E-state index in [0.717, 1.165) is 43.6 Å². The highest BCUT2D eigenvalue weighted by Gasteiger charge is 2.38. The van der Waals surface area contributed by atoms with Crippen molar-refractivity contribution in [3.63, 3.8) is 0 Å². The molecule has 1 atom stereocenters. The van der Waals surface area contributed by atoms with E-state index in [1.165, 1.54) is 11.6 Å². The molecule has 0 saturated carbocycles. The lowest BCUT2D eigenvalue weighted by Gasteiger charge is -2.30. The van der Waals surface area contributed by atoms with Crippen molar-refractivity contribution < 1.29 is 32.6 Å². The summed E-state index contributed by atoms with van der Waals surface area (Å²) in [5.74, 6) is -2.97. The van der Waals surface area contributed by atoms with Crippen molar-refractivity contribution in [3.8, 4) is 11.1 Å². The van der Waals surface area contributed by atoms with Crippen LogP contribution in [0.1, 0.15) is 18.4 Å². The number of aliphatic hydroxyl groups excluding tert-OH is 1. The van der Waals surface area contributed by atoms with Gasteiger partial charge in [-0.2, -0.15) is 13.2 Å². The number of piperidine rings is 1. The number of carboxylic acid groups (broad SMARTS) is 1. The third-order valence-electron chi connectivity index (χ3n) is 4.21. The lowest BCUT2D eigenvalue weighted by Crippen LogP contribution is -2.37. The first-order valence-electron chi connectivity index (χ1n) is 8.70. The van der Waals surface area contributed by atoms with Gasteiger partial charge in [-0.1, -0.05) is 30.3 Å². The van der Waals surface area contributed by atoms with Gasteiger partial charge in [0.15, 0.2) is 0 Å². The molecule has 3 rings (SSSR count). The van der Waals surface area contributed by atoms with E-state index in [4.69, 9.17) is 9.90 Å². The van der Waals surface area contributed by atoms with Crippen LogP contribution in [0.4, 0.5) is 17.6 Å². The van der Waals surface area contributed by atoms with Crippen LogP contribution in [0.5, 0.6) is 0 Å². The monoisotopic (exact) mass is 399 g/mol. The number of aliphatic carboxylic acids is 1. The Labute approximate surface area is 160 Å². The normalized spacial score (nSPS) is 17.5. The summed E-state index contributed by atoms with van der Waals surface area (Å²) in [4.78, 5) is 11.2. The van der Waals surface area contributed by atoms with E-state index in [0.29, 0.717) is 0 Å². The molecule has 1 unspecified atom stereocenters. The first-order chi connectivity index (χ1) is 13.1. The molecule has 1 aliphatic rings. The molecule has 0 amide bonds. The quantitative estimate of drug-likeness (QED) is 0.764. The van der Waals surface area contributed by atoms with E-state index >= 15 is 0 Å². The summed E-state index contributed by atoms with van der Waals surface area (Å²) in [6.07, 6.45) is -3.34. The molecule has 4 nitrogen and oxygen atoms in total. The molecule has 2 aromatic carbocycles. The van der Waals surface area contributed by atoms with Crippen molar-refractivity contribution in [2.24, 2.45) is 0 Å². The van der Waals surface area contributed by atoms with Crippen molar-refractivity contribution in [1.82, 2.24) is 4.90 Å². The molecule has 0 aromatic heterocycles. The summed E-state index contributed by atoms with van der Waals surface area (Å²) in [6, 6.07) is 14.9. The van der Waals surface area contributed by atoms with Crippen molar-refractivity contribution in [3.05, 3.63) is 59.9 Å². The van der Waals surface area contributed by atoms with Gasteiger partial charge in [-0.15, -0.1) is 0 Å². The third-order valence-corrected chi connectivity index (χ3v) is 4.21. The minimum atomic E-state index is -5.08. The smallest absolute Gasteiger partial charge is 0.475 e. The van der Waals surface area contributed by atoms with Crippen LogP contribution in [0.3, 0.4) is 0 Å². The molecule has 1 saturated heterocycles. The summed E-state index contributed by atoms with van der Waals surface area (Å²) in [7, 11) is 0. The fourth-order valence-corrected chi connectivity index (χ4v) is 2.95. The predicted molar refractivity (Wildman–Crippen MR) is 96.0 cm³/mol. The number of hydrogen-bond acceptors (Lipinski definition) is 3. The van der Waals surface area contributed by atoms with Crippen LogP contribution in [0.2, 0.25) is 0 Å². The Morgan fingerprint density at radius 1 is 1.11 bits per heavy atom. The minimum Gasteiger partial charge on any atom is -0.475 e. The minimum absolute atomic E-state index is 0.204. The second kappa shape index (κ2) is 9.66. The summed E-state index contributed by atoms with van der Waals surface area (Å²) in [5.41, 5.74) is 3.13. The molecule has 28 heavy (non-hydrogen) atoms. The van der Waals surface area contributed by atoms with Gasteiger partial charge in [0.25, 0.3) is 0 Å². The lowest BCUT2D eigenvalue weighted by atomic mass is 10.0. The predicted octanol–water partition coefficient (Wildman–Crippen LogP) is 4.08. The fourth-order valence-electron chi connectivity index (χ4n) is 2.95. The average molecular weight is 399 g/mol. The zero-order valence-electron chi connectivity index (χ0n) is 15.0. The van der Waals surface area contributed by atoms with Crippen LogP contribution in [0.25, 0.3) is 11.1 Å². The Bertz CT molecular complexity index is 795. The molecular weight excluding hydrogens is 378 g/mol. The molecule has 8 heteroatoms. The standard InChI is InChI=1S/C18H20FNO.C2HF3O2/c19-17-7-2-6-16(11-17)15-5-1-4-14(10-15)12-20-9-3-8-18(21)13-20;3-2(4,5)1(6)7/h1-2,4-7,10-11,18,21H,3,8-9,12-13H2;(H,6,7). The molecular formula is C20H21F4NO3. The van der Waals surface area contributed by atoms with Gasteiger partial charge in [0.1, 0.15) is 5.82 Å². The average Bonchev–Trinajstić information content (AvgIpc) is 2.62. The number of aliphatic hydroxyl groups is 1. The van der Waals surface area contributed by atoms with E-state index in [2.05, 4.69) is 17.0 Å². The van der Waals surface area contributed by atoms with Gasteiger partial charge in [0.2, 0.25) is 0 Å². The Morgan fingerprint density at radius 2 is 1.71 bits per heavy atom. The van der Waals surface area contributed by atoms with E-state index in [1.54, 1.807) is 12.1 Å². The first-order valence-corrected chi connectivity index (χ1v) is 8.70. The molecule has 1 fully saturated rings. The van der Waals surface area contributed by atoms with Gasteiger partial charge in [-0.05, 0) is 54.3 Å². The van der Waals surface area contributed by atoms with Gasteiger partial charge in [-0.25, -0.2) is 9.18 Å². The summed E-state index contributed by atoms with van der Waals surface area (Å²) < 4.78 is 45.1. The van der Waals surface area contributed by atoms with Crippen molar-refractivity contribution in [2.75, 3.05) is 13.1 Å². The Balaban J connectivity index is 0.000000345. The lowest BCUT2D eigenvalue weighted by molar-refractivity contribution is -0.192. The number of halogens is 4. The van der Waals surface area contributed by atoms with Gasteiger partial charge in [0, 0.05) is 13.1 Å². The topological polar surface area (TPSA) is 60.8 Å². The maximum atomic E-state index is 13.3. The van der Waals surface area contributed by atoms with E-state index in [-0.39, 0.29) is 11.9 Å². The number of benzene rings is 2. The molecule has 2 aromatic rings. The maximum absolute atomic E-state index is 13.3. The van der Waals surface area contributed by atoms with E-state index in [1.807, 2.05) is 18.2 Å². The molecule has 0 radical (unpaired) electrons. The van der Waals surface area contributed by atoms with Gasteiger partial charge < -0.3 is 10.2 Å². The number of likely N-dealkylation sites (tertiary alicyclic amines) is 1. The first kappa shape index (κ1) is 21.8.